The van der Waals surface area contributed by atoms with Gasteiger partial charge >= 0.3 is 5.97 Å². The fourth-order valence-electron chi connectivity index (χ4n) is 1.72. The molecule has 1 rings (SSSR count). The minimum atomic E-state index is -3.32. The van der Waals surface area contributed by atoms with Crippen molar-refractivity contribution in [2.24, 2.45) is 0 Å². The average molecular weight is 333 g/mol. The summed E-state index contributed by atoms with van der Waals surface area (Å²) in [6.45, 7) is 3.22. The van der Waals surface area contributed by atoms with Crippen LogP contribution in [0.5, 0.6) is 0 Å². The highest BCUT2D eigenvalue weighted by molar-refractivity contribution is 7.90. The van der Waals surface area contributed by atoms with Gasteiger partial charge in [0.1, 0.15) is 5.88 Å². The Labute approximate surface area is 129 Å². The van der Waals surface area contributed by atoms with Gasteiger partial charge in [-0.25, -0.2) is 8.42 Å². The van der Waals surface area contributed by atoms with E-state index >= 15 is 0 Å². The van der Waals surface area contributed by atoms with Gasteiger partial charge in [0.05, 0.1) is 4.90 Å². The van der Waals surface area contributed by atoms with Gasteiger partial charge in [-0.2, -0.15) is 0 Å². The average Bonchev–Trinajstić information content (AvgIpc) is 2.45. The first-order valence-corrected chi connectivity index (χ1v) is 8.69. The van der Waals surface area contributed by atoms with Crippen LogP contribution in [0.4, 0.5) is 0 Å². The number of hydrogen-bond acceptors (Lipinski definition) is 5. The zero-order valence-corrected chi connectivity index (χ0v) is 13.6. The molecule has 0 saturated heterocycles. The van der Waals surface area contributed by atoms with Crippen LogP contribution in [0, 0.1) is 0 Å². The van der Waals surface area contributed by atoms with Crippen molar-refractivity contribution in [3.8, 4) is 0 Å². The number of carbonyl (C=O) groups excluding carboxylic acids is 2. The van der Waals surface area contributed by atoms with Crippen LogP contribution in [0.25, 0.3) is 0 Å². The molecule has 0 bridgehead atoms. The van der Waals surface area contributed by atoms with Crippen LogP contribution in [0.2, 0.25) is 0 Å². The fourth-order valence-corrected chi connectivity index (χ4v) is 2.40. The zero-order chi connectivity index (χ0) is 16.3. The molecule has 0 saturated carbocycles. The maximum atomic E-state index is 12.4. The molecule has 7 heteroatoms. The third kappa shape index (κ3) is 4.28. The Morgan fingerprint density at radius 2 is 1.76 bits per heavy atom. The van der Waals surface area contributed by atoms with E-state index in [4.69, 9.17) is 16.3 Å². The lowest BCUT2D eigenvalue weighted by Crippen LogP contribution is -2.40. The zero-order valence-electron chi connectivity index (χ0n) is 12.1. The summed E-state index contributed by atoms with van der Waals surface area (Å²) in [4.78, 5) is 23.9. The highest BCUT2D eigenvalue weighted by Crippen LogP contribution is 2.23. The molecular weight excluding hydrogens is 316 g/mol. The van der Waals surface area contributed by atoms with Crippen molar-refractivity contribution < 1.29 is 22.7 Å². The van der Waals surface area contributed by atoms with Gasteiger partial charge in [0.2, 0.25) is 5.78 Å². The molecule has 0 aliphatic heterocycles. The Hall–Kier alpha value is -1.40. The summed E-state index contributed by atoms with van der Waals surface area (Å²) in [7, 11) is -3.32. The normalized spacial score (nSPS) is 14.3. The smallest absolute Gasteiger partial charge is 0.321 e. The molecule has 0 aliphatic carbocycles. The van der Waals surface area contributed by atoms with Crippen molar-refractivity contribution in [1.82, 2.24) is 0 Å². The van der Waals surface area contributed by atoms with E-state index in [0.717, 1.165) is 6.26 Å². The molecule has 0 aromatic heterocycles. The topological polar surface area (TPSA) is 77.5 Å². The largest absolute Gasteiger partial charge is 0.450 e. The molecule has 5 nitrogen and oxygen atoms in total. The van der Waals surface area contributed by atoms with E-state index in [1.807, 2.05) is 0 Å². The molecule has 0 N–H and O–H groups in total. The van der Waals surface area contributed by atoms with Crippen molar-refractivity contribution in [1.29, 1.82) is 0 Å². The number of halogens is 1. The van der Waals surface area contributed by atoms with Crippen LogP contribution in [0.15, 0.2) is 29.2 Å². The lowest BCUT2D eigenvalue weighted by atomic mass is 9.92. The molecule has 0 aliphatic rings. The summed E-state index contributed by atoms with van der Waals surface area (Å²) in [5.41, 5.74) is -1.05. The van der Waals surface area contributed by atoms with Gasteiger partial charge < -0.3 is 4.74 Å². The van der Waals surface area contributed by atoms with Gasteiger partial charge in [-0.1, -0.05) is 6.92 Å². The quantitative estimate of drug-likeness (QED) is 0.453. The number of rotatable bonds is 6. The third-order valence-electron chi connectivity index (χ3n) is 3.15. The number of hydrogen-bond donors (Lipinski definition) is 0. The predicted molar refractivity (Wildman–Crippen MR) is 79.4 cm³/mol. The second kappa shape index (κ2) is 6.58. The van der Waals surface area contributed by atoms with E-state index in [-0.39, 0.29) is 22.8 Å². The summed E-state index contributed by atoms with van der Waals surface area (Å²) in [6, 6.07) is 5.51. The second-order valence-electron chi connectivity index (χ2n) is 4.82. The molecule has 0 spiro atoms. The highest BCUT2D eigenvalue weighted by Gasteiger charge is 2.36. The van der Waals surface area contributed by atoms with Gasteiger partial charge in [-0.15, -0.1) is 11.6 Å². The highest BCUT2D eigenvalue weighted by atomic mass is 35.5. The Kier molecular flexibility index (Phi) is 5.53. The number of alkyl halides is 1. The van der Waals surface area contributed by atoms with Crippen molar-refractivity contribution in [2.75, 3.05) is 12.1 Å². The minimum absolute atomic E-state index is 0.120. The standard InChI is InChI=1S/C14H17ClO5S/c1-4-14(2,20-12(16)9-15)13(17)10-5-7-11(8-6-10)21(3,18)19/h5-8H,4,9H2,1-3H3. The SMILES string of the molecule is CCC(C)(OC(=O)CCl)C(=O)c1ccc(S(C)(=O)=O)cc1. The van der Waals surface area contributed by atoms with Crippen LogP contribution < -0.4 is 0 Å². The van der Waals surface area contributed by atoms with E-state index in [2.05, 4.69) is 0 Å². The molecule has 0 heterocycles. The first kappa shape index (κ1) is 17.7. The molecule has 116 valence electrons. The lowest BCUT2D eigenvalue weighted by molar-refractivity contribution is -0.150. The molecule has 1 unspecified atom stereocenters. The van der Waals surface area contributed by atoms with E-state index in [1.54, 1.807) is 6.92 Å². The number of ketones is 1. The van der Waals surface area contributed by atoms with E-state index in [0.29, 0.717) is 0 Å². The number of sulfone groups is 1. The summed E-state index contributed by atoms with van der Waals surface area (Å²) < 4.78 is 27.9. The predicted octanol–water partition coefficient (Wildman–Crippen LogP) is 2.22. The van der Waals surface area contributed by atoms with Crippen LogP contribution in [0.3, 0.4) is 0 Å². The first-order chi connectivity index (χ1) is 9.64. The summed E-state index contributed by atoms with van der Waals surface area (Å²) in [5, 5.41) is 0. The third-order valence-corrected chi connectivity index (χ3v) is 4.49. The molecule has 0 radical (unpaired) electrons. The van der Waals surface area contributed by atoms with Crippen molar-refractivity contribution >= 4 is 33.2 Å². The van der Waals surface area contributed by atoms with Crippen LogP contribution in [-0.2, 0) is 19.4 Å². The van der Waals surface area contributed by atoms with E-state index in [9.17, 15) is 18.0 Å². The minimum Gasteiger partial charge on any atom is -0.450 e. The van der Waals surface area contributed by atoms with Crippen molar-refractivity contribution in [3.63, 3.8) is 0 Å². The number of benzene rings is 1. The molecule has 1 aromatic carbocycles. The second-order valence-corrected chi connectivity index (χ2v) is 7.10. The molecule has 0 fully saturated rings. The Morgan fingerprint density at radius 3 is 2.14 bits per heavy atom. The van der Waals surface area contributed by atoms with Gasteiger partial charge in [-0.05, 0) is 37.6 Å². The van der Waals surface area contributed by atoms with Crippen molar-refractivity contribution in [3.05, 3.63) is 29.8 Å². The lowest BCUT2D eigenvalue weighted by Gasteiger charge is -2.26. The van der Waals surface area contributed by atoms with Crippen LogP contribution >= 0.6 is 11.6 Å². The Bertz CT molecular complexity index is 636. The van der Waals surface area contributed by atoms with E-state index in [1.165, 1.54) is 31.2 Å². The maximum Gasteiger partial charge on any atom is 0.321 e. The van der Waals surface area contributed by atoms with E-state index < -0.39 is 27.2 Å². The Balaban J connectivity index is 3.08. The molecule has 0 amide bonds. The van der Waals surface area contributed by atoms with Gasteiger partial charge in [-0.3, -0.25) is 9.59 Å². The molecular formula is C14H17ClO5S. The van der Waals surface area contributed by atoms with Crippen molar-refractivity contribution in [2.45, 2.75) is 30.8 Å². The van der Waals surface area contributed by atoms with Gasteiger partial charge in [0, 0.05) is 11.8 Å². The summed E-state index contributed by atoms with van der Waals surface area (Å²) in [6.07, 6.45) is 1.37. The van der Waals surface area contributed by atoms with Crippen LogP contribution in [0.1, 0.15) is 30.6 Å². The Morgan fingerprint density at radius 1 is 1.24 bits per heavy atom. The summed E-state index contributed by atoms with van der Waals surface area (Å²) in [5.74, 6) is -1.42. The van der Waals surface area contributed by atoms with Crippen LogP contribution in [-0.4, -0.2) is 37.9 Å². The van der Waals surface area contributed by atoms with Gasteiger partial charge in [0.25, 0.3) is 0 Å². The maximum absolute atomic E-state index is 12.4. The fraction of sp³-hybridized carbons (Fsp3) is 0.429. The molecule has 1 atom stereocenters. The molecule has 1 aromatic rings. The number of carbonyl (C=O) groups is 2. The number of Topliss-reactive ketones (excluding diaryl/α,β-unsaturated/α-hetero) is 1. The summed E-state index contributed by atoms with van der Waals surface area (Å²) >= 11 is 5.38. The molecule has 21 heavy (non-hydrogen) atoms. The van der Waals surface area contributed by atoms with Gasteiger partial charge in [0.15, 0.2) is 15.4 Å². The first-order valence-electron chi connectivity index (χ1n) is 6.27. The monoisotopic (exact) mass is 332 g/mol. The number of esters is 1. The number of ether oxygens (including phenoxy) is 1.